The summed E-state index contributed by atoms with van der Waals surface area (Å²) < 4.78 is 0. The smallest absolute Gasteiger partial charge is 0.176 e. The normalized spacial score (nSPS) is 19.2. The third-order valence-corrected chi connectivity index (χ3v) is 4.18. The van der Waals surface area contributed by atoms with Crippen molar-refractivity contribution in [1.29, 1.82) is 0 Å². The van der Waals surface area contributed by atoms with Gasteiger partial charge in [-0.1, -0.05) is 36.9 Å². The Morgan fingerprint density at radius 1 is 1.12 bits per heavy atom. The molecular formula is C13H18ClNO2. The molecule has 94 valence electrons. The molecule has 1 aromatic carbocycles. The zero-order valence-corrected chi connectivity index (χ0v) is 10.5. The van der Waals surface area contributed by atoms with Crippen LogP contribution in [-0.2, 0) is 5.41 Å². The van der Waals surface area contributed by atoms with Gasteiger partial charge < -0.3 is 15.9 Å². The Hall–Kier alpha value is -0.930. The van der Waals surface area contributed by atoms with E-state index in [0.29, 0.717) is 6.54 Å². The number of benzene rings is 1. The van der Waals surface area contributed by atoms with Crippen molar-refractivity contribution in [3.63, 3.8) is 0 Å². The molecule has 3 nitrogen and oxygen atoms in total. The van der Waals surface area contributed by atoms with E-state index in [4.69, 9.17) is 17.3 Å². The topological polar surface area (TPSA) is 66.5 Å². The van der Waals surface area contributed by atoms with Crippen LogP contribution in [0, 0.1) is 0 Å². The maximum Gasteiger partial charge on any atom is 0.176 e. The molecule has 0 heterocycles. The summed E-state index contributed by atoms with van der Waals surface area (Å²) in [4.78, 5) is 0. The van der Waals surface area contributed by atoms with Gasteiger partial charge in [0.2, 0.25) is 0 Å². The molecule has 0 atom stereocenters. The molecule has 0 radical (unpaired) electrons. The van der Waals surface area contributed by atoms with Crippen LogP contribution in [0.3, 0.4) is 0 Å². The number of aromatic hydroxyl groups is 2. The van der Waals surface area contributed by atoms with Crippen LogP contribution in [0.15, 0.2) is 12.1 Å². The molecule has 0 spiro atoms. The first-order valence-electron chi connectivity index (χ1n) is 6.02. The van der Waals surface area contributed by atoms with Crippen LogP contribution >= 0.6 is 11.6 Å². The highest BCUT2D eigenvalue weighted by Crippen LogP contribution is 2.46. The molecule has 17 heavy (non-hydrogen) atoms. The number of phenolic OH excluding ortho intramolecular Hbond substituents is 2. The minimum atomic E-state index is -0.234. The molecule has 2 rings (SSSR count). The van der Waals surface area contributed by atoms with Gasteiger partial charge in [-0.25, -0.2) is 0 Å². The fourth-order valence-corrected chi connectivity index (χ4v) is 2.95. The average molecular weight is 256 g/mol. The minimum Gasteiger partial charge on any atom is -0.504 e. The number of nitrogens with two attached hydrogens (primary N) is 1. The second-order valence-corrected chi connectivity index (χ2v) is 5.24. The SMILES string of the molecule is NCC1(c2ccc(Cl)c(O)c2O)CCCCC1. The van der Waals surface area contributed by atoms with E-state index in [1.54, 1.807) is 12.1 Å². The Kier molecular flexibility index (Phi) is 3.50. The second-order valence-electron chi connectivity index (χ2n) is 4.84. The Balaban J connectivity index is 2.47. The number of halogens is 1. The molecule has 4 N–H and O–H groups in total. The molecule has 0 amide bonds. The summed E-state index contributed by atoms with van der Waals surface area (Å²) in [5.41, 5.74) is 6.44. The minimum absolute atomic E-state index is 0.107. The molecule has 1 fully saturated rings. The van der Waals surface area contributed by atoms with Gasteiger partial charge >= 0.3 is 0 Å². The van der Waals surface area contributed by atoms with Gasteiger partial charge in [-0.2, -0.15) is 0 Å². The van der Waals surface area contributed by atoms with Crippen molar-refractivity contribution < 1.29 is 10.2 Å². The summed E-state index contributed by atoms with van der Waals surface area (Å²) in [6.07, 6.45) is 5.35. The molecule has 1 aliphatic rings. The van der Waals surface area contributed by atoms with Gasteiger partial charge in [0.1, 0.15) is 0 Å². The molecule has 1 saturated carbocycles. The molecule has 0 unspecified atom stereocenters. The molecule has 0 saturated heterocycles. The van der Waals surface area contributed by atoms with Crippen LogP contribution in [0.5, 0.6) is 11.5 Å². The van der Waals surface area contributed by atoms with Crippen LogP contribution < -0.4 is 5.73 Å². The second kappa shape index (κ2) is 4.75. The Morgan fingerprint density at radius 2 is 1.76 bits per heavy atom. The average Bonchev–Trinajstić information content (AvgIpc) is 2.37. The number of hydrogen-bond acceptors (Lipinski definition) is 3. The third-order valence-electron chi connectivity index (χ3n) is 3.87. The van der Waals surface area contributed by atoms with Crippen molar-refractivity contribution in [1.82, 2.24) is 0 Å². The third kappa shape index (κ3) is 2.09. The lowest BCUT2D eigenvalue weighted by Gasteiger charge is -2.37. The van der Waals surface area contributed by atoms with E-state index >= 15 is 0 Å². The fourth-order valence-electron chi connectivity index (χ4n) is 2.79. The van der Waals surface area contributed by atoms with Crippen molar-refractivity contribution >= 4 is 11.6 Å². The van der Waals surface area contributed by atoms with E-state index in [1.165, 1.54) is 6.42 Å². The lowest BCUT2D eigenvalue weighted by atomic mass is 9.69. The van der Waals surface area contributed by atoms with Crippen LogP contribution in [0.2, 0.25) is 5.02 Å². The molecule has 0 aliphatic heterocycles. The van der Waals surface area contributed by atoms with Crippen LogP contribution in [0.25, 0.3) is 0 Å². The van der Waals surface area contributed by atoms with Gasteiger partial charge in [-0.3, -0.25) is 0 Å². The summed E-state index contributed by atoms with van der Waals surface area (Å²) in [5.74, 6) is -0.340. The van der Waals surface area contributed by atoms with Crippen molar-refractivity contribution in [3.8, 4) is 11.5 Å². The fraction of sp³-hybridized carbons (Fsp3) is 0.538. The van der Waals surface area contributed by atoms with E-state index in [9.17, 15) is 10.2 Å². The predicted octanol–water partition coefficient (Wildman–Crippen LogP) is 2.91. The Morgan fingerprint density at radius 3 is 2.35 bits per heavy atom. The highest BCUT2D eigenvalue weighted by atomic mass is 35.5. The summed E-state index contributed by atoms with van der Waals surface area (Å²) in [6, 6.07) is 3.41. The standard InChI is InChI=1S/C13H18ClNO2/c14-10-5-4-9(11(16)12(10)17)13(8-15)6-2-1-3-7-13/h4-5,16-17H,1-3,6-8,15H2. The monoisotopic (exact) mass is 255 g/mol. The lowest BCUT2D eigenvalue weighted by Crippen LogP contribution is -2.37. The molecule has 4 heteroatoms. The summed E-state index contributed by atoms with van der Waals surface area (Å²) in [5, 5.41) is 19.9. The van der Waals surface area contributed by atoms with Crippen LogP contribution in [0.1, 0.15) is 37.7 Å². The number of phenols is 2. The van der Waals surface area contributed by atoms with E-state index in [0.717, 1.165) is 31.2 Å². The van der Waals surface area contributed by atoms with E-state index in [2.05, 4.69) is 0 Å². The Labute approximate surface area is 106 Å². The van der Waals surface area contributed by atoms with Gasteiger partial charge in [0, 0.05) is 17.5 Å². The first kappa shape index (κ1) is 12.5. The molecule has 0 aromatic heterocycles. The van der Waals surface area contributed by atoms with Gasteiger partial charge in [-0.05, 0) is 18.9 Å². The van der Waals surface area contributed by atoms with Crippen molar-refractivity contribution in [3.05, 3.63) is 22.7 Å². The van der Waals surface area contributed by atoms with Gasteiger partial charge in [0.15, 0.2) is 11.5 Å². The van der Waals surface area contributed by atoms with Crippen molar-refractivity contribution in [2.45, 2.75) is 37.5 Å². The van der Waals surface area contributed by atoms with Gasteiger partial charge in [0.25, 0.3) is 0 Å². The van der Waals surface area contributed by atoms with E-state index in [-0.39, 0.29) is 21.9 Å². The maximum atomic E-state index is 10.0. The quantitative estimate of drug-likeness (QED) is 0.712. The number of rotatable bonds is 2. The highest BCUT2D eigenvalue weighted by Gasteiger charge is 2.35. The van der Waals surface area contributed by atoms with E-state index in [1.807, 2.05) is 0 Å². The first-order chi connectivity index (χ1) is 8.10. The zero-order valence-electron chi connectivity index (χ0n) is 9.75. The van der Waals surface area contributed by atoms with Crippen LogP contribution in [-0.4, -0.2) is 16.8 Å². The van der Waals surface area contributed by atoms with Gasteiger partial charge in [0.05, 0.1) is 5.02 Å². The number of hydrogen-bond donors (Lipinski definition) is 3. The summed E-state index contributed by atoms with van der Waals surface area (Å²) in [7, 11) is 0. The van der Waals surface area contributed by atoms with Crippen LogP contribution in [0.4, 0.5) is 0 Å². The molecular weight excluding hydrogens is 238 g/mol. The predicted molar refractivity (Wildman–Crippen MR) is 68.6 cm³/mol. The van der Waals surface area contributed by atoms with E-state index < -0.39 is 0 Å². The summed E-state index contributed by atoms with van der Waals surface area (Å²) >= 11 is 5.77. The molecule has 1 aliphatic carbocycles. The zero-order chi connectivity index (χ0) is 12.5. The Bertz CT molecular complexity index is 414. The van der Waals surface area contributed by atoms with Gasteiger partial charge in [-0.15, -0.1) is 0 Å². The molecule has 1 aromatic rings. The first-order valence-corrected chi connectivity index (χ1v) is 6.39. The largest absolute Gasteiger partial charge is 0.504 e. The van der Waals surface area contributed by atoms with Crippen molar-refractivity contribution in [2.75, 3.05) is 6.54 Å². The lowest BCUT2D eigenvalue weighted by molar-refractivity contribution is 0.287. The summed E-state index contributed by atoms with van der Waals surface area (Å²) in [6.45, 7) is 0.488. The maximum absolute atomic E-state index is 10.0. The van der Waals surface area contributed by atoms with Crippen molar-refractivity contribution in [2.24, 2.45) is 5.73 Å². The highest BCUT2D eigenvalue weighted by molar-refractivity contribution is 6.32. The molecule has 0 bridgehead atoms.